The Morgan fingerprint density at radius 2 is 1.70 bits per heavy atom. The van der Waals surface area contributed by atoms with Gasteiger partial charge in [-0.1, -0.05) is 61.5 Å². The van der Waals surface area contributed by atoms with Crippen molar-refractivity contribution in [3.05, 3.63) is 100 Å². The molecule has 2 heterocycles. The van der Waals surface area contributed by atoms with E-state index in [1.54, 1.807) is 0 Å². The van der Waals surface area contributed by atoms with Gasteiger partial charge in [0.05, 0.1) is 6.54 Å². The Morgan fingerprint density at radius 1 is 1.03 bits per heavy atom. The predicted molar refractivity (Wildman–Crippen MR) is 128 cm³/mol. The molecule has 0 aliphatic heterocycles. The molecule has 0 aliphatic carbocycles. The van der Waals surface area contributed by atoms with Gasteiger partial charge in [-0.2, -0.15) is 5.26 Å². The van der Waals surface area contributed by atoms with Gasteiger partial charge in [0.15, 0.2) is 5.65 Å². The molecule has 0 atom stereocenters. The smallest absolute Gasteiger partial charge is 0.347 e. The van der Waals surface area contributed by atoms with Gasteiger partial charge in [0.25, 0.3) is 0 Å². The van der Waals surface area contributed by atoms with Crippen LogP contribution in [0.3, 0.4) is 0 Å². The van der Waals surface area contributed by atoms with Crippen LogP contribution in [0.2, 0.25) is 0 Å². The summed E-state index contributed by atoms with van der Waals surface area (Å²) in [5.41, 5.74) is 6.39. The zero-order chi connectivity index (χ0) is 23.5. The lowest BCUT2D eigenvalue weighted by Crippen LogP contribution is -2.06. The maximum absolute atomic E-state index is 11.7. The third-order valence-corrected chi connectivity index (χ3v) is 5.64. The third kappa shape index (κ3) is 4.26. The molecule has 0 unspecified atom stereocenters. The fourth-order valence-corrected chi connectivity index (χ4v) is 4.11. The number of fused-ring (bicyclic) bond motifs is 1. The molecular weight excluding hydrogens is 412 g/mol. The molecule has 2 aromatic heterocycles. The maximum Gasteiger partial charge on any atom is 0.347 e. The normalized spacial score (nSPS) is 11.8. The lowest BCUT2D eigenvalue weighted by atomic mass is 9.93. The molecule has 2 aromatic carbocycles. The molecule has 0 saturated carbocycles. The van der Waals surface area contributed by atoms with E-state index < -0.39 is 5.97 Å². The molecular formula is C27H24N4O2. The standard InChI is InChI=1S/C27H24N4O2/c1-4-23-30-25-17(2)14-18(3)29-26(25)31(23)16-19-10-12-21(13-11-19)24(22(15-28)27(32)33)20-8-6-5-7-9-20/h5-14H,4,16H2,1-3H3,(H,32,33). The first-order valence-corrected chi connectivity index (χ1v) is 10.8. The van der Waals surface area contributed by atoms with E-state index in [9.17, 15) is 15.2 Å². The molecule has 164 valence electrons. The highest BCUT2D eigenvalue weighted by atomic mass is 16.4. The van der Waals surface area contributed by atoms with Crippen LogP contribution in [0.1, 0.15) is 40.7 Å². The average Bonchev–Trinajstić information content (AvgIpc) is 3.16. The Labute approximate surface area is 192 Å². The van der Waals surface area contributed by atoms with Gasteiger partial charge < -0.3 is 9.67 Å². The predicted octanol–water partition coefficient (Wildman–Crippen LogP) is 5.07. The molecule has 0 amide bonds. The first-order valence-electron chi connectivity index (χ1n) is 10.8. The van der Waals surface area contributed by atoms with E-state index in [0.717, 1.165) is 40.2 Å². The van der Waals surface area contributed by atoms with Crippen molar-refractivity contribution in [3.63, 3.8) is 0 Å². The van der Waals surface area contributed by atoms with Gasteiger partial charge in [0, 0.05) is 17.7 Å². The number of imidazole rings is 1. The van der Waals surface area contributed by atoms with E-state index in [1.807, 2.05) is 73.7 Å². The van der Waals surface area contributed by atoms with Gasteiger partial charge in [-0.05, 0) is 42.2 Å². The topological polar surface area (TPSA) is 91.8 Å². The number of carboxylic acid groups (broad SMARTS) is 1. The van der Waals surface area contributed by atoms with Crippen LogP contribution in [0.15, 0.2) is 66.2 Å². The first-order chi connectivity index (χ1) is 15.9. The Balaban J connectivity index is 1.76. The molecule has 0 spiro atoms. The summed E-state index contributed by atoms with van der Waals surface area (Å²) < 4.78 is 2.14. The van der Waals surface area contributed by atoms with E-state index in [4.69, 9.17) is 9.97 Å². The van der Waals surface area contributed by atoms with Crippen LogP contribution in [0.4, 0.5) is 0 Å². The number of carboxylic acids is 1. The minimum absolute atomic E-state index is 0.280. The Kier molecular flexibility index (Phi) is 6.05. The maximum atomic E-state index is 11.7. The number of carbonyl (C=O) groups is 1. The van der Waals surface area contributed by atoms with Crippen LogP contribution in [0, 0.1) is 25.2 Å². The largest absolute Gasteiger partial charge is 0.477 e. The number of nitriles is 1. The highest BCUT2D eigenvalue weighted by molar-refractivity contribution is 6.04. The van der Waals surface area contributed by atoms with Crippen molar-refractivity contribution in [2.75, 3.05) is 0 Å². The third-order valence-electron chi connectivity index (χ3n) is 5.64. The van der Waals surface area contributed by atoms with Crippen LogP contribution in [0.25, 0.3) is 16.7 Å². The lowest BCUT2D eigenvalue weighted by molar-refractivity contribution is -0.132. The molecule has 6 nitrogen and oxygen atoms in total. The van der Waals surface area contributed by atoms with Crippen LogP contribution in [0.5, 0.6) is 0 Å². The van der Waals surface area contributed by atoms with Crippen LogP contribution in [-0.4, -0.2) is 25.6 Å². The minimum Gasteiger partial charge on any atom is -0.477 e. The number of aliphatic carboxylic acids is 1. The molecule has 0 saturated heterocycles. The zero-order valence-electron chi connectivity index (χ0n) is 18.8. The van der Waals surface area contributed by atoms with Crippen molar-refractivity contribution in [3.8, 4) is 6.07 Å². The Morgan fingerprint density at radius 3 is 2.30 bits per heavy atom. The monoisotopic (exact) mass is 436 g/mol. The van der Waals surface area contributed by atoms with E-state index in [1.165, 1.54) is 0 Å². The number of aromatic nitrogens is 3. The SMILES string of the molecule is CCc1nc2c(C)cc(C)nc2n1Cc1ccc(C(=C(C#N)C(=O)O)c2ccccc2)cc1. The van der Waals surface area contributed by atoms with Crippen molar-refractivity contribution in [1.82, 2.24) is 14.5 Å². The second kappa shape index (κ2) is 9.09. The van der Waals surface area contributed by atoms with Crippen molar-refractivity contribution < 1.29 is 9.90 Å². The first kappa shape index (κ1) is 22.0. The van der Waals surface area contributed by atoms with E-state index >= 15 is 0 Å². The summed E-state index contributed by atoms with van der Waals surface area (Å²) in [6.45, 7) is 6.71. The van der Waals surface area contributed by atoms with Gasteiger partial charge in [0.2, 0.25) is 0 Å². The summed E-state index contributed by atoms with van der Waals surface area (Å²) >= 11 is 0. The number of pyridine rings is 1. The second-order valence-corrected chi connectivity index (χ2v) is 7.95. The Hall–Kier alpha value is -4.24. The van der Waals surface area contributed by atoms with Gasteiger partial charge >= 0.3 is 5.97 Å². The summed E-state index contributed by atoms with van der Waals surface area (Å²) in [5, 5.41) is 19.1. The summed E-state index contributed by atoms with van der Waals surface area (Å²) in [4.78, 5) is 21.3. The van der Waals surface area contributed by atoms with Gasteiger partial charge in [0.1, 0.15) is 23.0 Å². The minimum atomic E-state index is -1.24. The molecule has 0 aliphatic rings. The zero-order valence-corrected chi connectivity index (χ0v) is 18.8. The molecule has 33 heavy (non-hydrogen) atoms. The highest BCUT2D eigenvalue weighted by Crippen LogP contribution is 2.28. The molecule has 4 rings (SSSR count). The summed E-state index contributed by atoms with van der Waals surface area (Å²) in [5.74, 6) is -0.271. The van der Waals surface area contributed by atoms with Crippen LogP contribution >= 0.6 is 0 Å². The Bertz CT molecular complexity index is 1410. The molecule has 6 heteroatoms. The fraction of sp³-hybridized carbons (Fsp3) is 0.185. The summed E-state index contributed by atoms with van der Waals surface area (Å²) in [6.07, 6.45) is 0.790. The van der Waals surface area contributed by atoms with Gasteiger partial charge in [-0.15, -0.1) is 0 Å². The lowest BCUT2D eigenvalue weighted by Gasteiger charge is -2.12. The van der Waals surface area contributed by atoms with Crippen molar-refractivity contribution in [2.24, 2.45) is 0 Å². The van der Waals surface area contributed by atoms with E-state index in [-0.39, 0.29) is 5.57 Å². The summed E-state index contributed by atoms with van der Waals surface area (Å²) in [6, 6.07) is 20.7. The van der Waals surface area contributed by atoms with Gasteiger partial charge in [-0.25, -0.2) is 14.8 Å². The fourth-order valence-electron chi connectivity index (χ4n) is 4.11. The number of aryl methyl sites for hydroxylation is 3. The molecule has 0 radical (unpaired) electrons. The van der Waals surface area contributed by atoms with E-state index in [2.05, 4.69) is 18.4 Å². The molecule has 1 N–H and O–H groups in total. The number of benzene rings is 2. The van der Waals surface area contributed by atoms with E-state index in [0.29, 0.717) is 23.2 Å². The number of hydrogen-bond acceptors (Lipinski definition) is 4. The van der Waals surface area contributed by atoms with Crippen molar-refractivity contribution in [2.45, 2.75) is 33.7 Å². The molecule has 4 aromatic rings. The molecule has 0 fully saturated rings. The molecule has 0 bridgehead atoms. The summed E-state index contributed by atoms with van der Waals surface area (Å²) in [7, 11) is 0. The average molecular weight is 437 g/mol. The number of hydrogen-bond donors (Lipinski definition) is 1. The van der Waals surface area contributed by atoms with Crippen molar-refractivity contribution >= 4 is 22.7 Å². The number of nitrogens with zero attached hydrogens (tertiary/aromatic N) is 4. The van der Waals surface area contributed by atoms with Crippen LogP contribution < -0.4 is 0 Å². The highest BCUT2D eigenvalue weighted by Gasteiger charge is 2.18. The van der Waals surface area contributed by atoms with Crippen LogP contribution in [-0.2, 0) is 17.8 Å². The number of rotatable bonds is 6. The van der Waals surface area contributed by atoms with Gasteiger partial charge in [-0.3, -0.25) is 0 Å². The quantitative estimate of drug-likeness (QED) is 0.337. The second-order valence-electron chi connectivity index (χ2n) is 7.95. The van der Waals surface area contributed by atoms with Crippen molar-refractivity contribution in [1.29, 1.82) is 5.26 Å².